The van der Waals surface area contributed by atoms with Gasteiger partial charge in [0.15, 0.2) is 5.78 Å². The highest BCUT2D eigenvalue weighted by molar-refractivity contribution is 6.11. The van der Waals surface area contributed by atoms with Crippen molar-refractivity contribution in [3.05, 3.63) is 51.6 Å². The van der Waals surface area contributed by atoms with E-state index in [-0.39, 0.29) is 81.4 Å². The number of rotatable bonds is 7. The van der Waals surface area contributed by atoms with Crippen molar-refractivity contribution in [3.63, 3.8) is 0 Å². The number of ether oxygens (including phenoxy) is 4. The van der Waals surface area contributed by atoms with Crippen LogP contribution in [0.1, 0.15) is 130 Å². The van der Waals surface area contributed by atoms with E-state index in [1.54, 1.807) is 0 Å². The fraction of sp³-hybridized carbons (Fsp3) is 0.686. The third-order valence-corrected chi connectivity index (χ3v) is 19.3. The molecule has 2 aromatic carbocycles. The van der Waals surface area contributed by atoms with Gasteiger partial charge in [0, 0.05) is 29.6 Å². The molecule has 0 aromatic heterocycles. The quantitative estimate of drug-likeness (QED) is 0.115. The van der Waals surface area contributed by atoms with Gasteiger partial charge >= 0.3 is 5.97 Å². The van der Waals surface area contributed by atoms with Crippen molar-refractivity contribution in [2.24, 2.45) is 45.3 Å². The lowest BCUT2D eigenvalue weighted by Crippen LogP contribution is -2.70. The van der Waals surface area contributed by atoms with Crippen LogP contribution < -0.4 is 4.74 Å². The van der Waals surface area contributed by atoms with Gasteiger partial charge in [-0.3, -0.25) is 4.79 Å². The monoisotopic (exact) mass is 884 g/mol. The number of benzene rings is 2. The third-order valence-electron chi connectivity index (χ3n) is 19.3. The number of aliphatic hydroxyl groups is 4. The van der Waals surface area contributed by atoms with Crippen LogP contribution in [0.5, 0.6) is 17.2 Å². The van der Waals surface area contributed by atoms with Gasteiger partial charge in [-0.25, -0.2) is 4.79 Å². The lowest BCUT2D eigenvalue weighted by molar-refractivity contribution is -0.326. The number of fused-ring (bicyclic) bond motifs is 4. The van der Waals surface area contributed by atoms with Crippen LogP contribution in [0.25, 0.3) is 10.8 Å². The fourth-order valence-electron chi connectivity index (χ4n) is 17.0. The summed E-state index contributed by atoms with van der Waals surface area (Å²) in [6.45, 7) is 3.48. The Bertz CT molecular complexity index is 2350. The van der Waals surface area contributed by atoms with Gasteiger partial charge in [-0.15, -0.1) is 0 Å². The molecule has 2 aromatic rings. The van der Waals surface area contributed by atoms with Gasteiger partial charge in [0.25, 0.3) is 0 Å². The zero-order chi connectivity index (χ0) is 44.7. The SMILES string of the molecule is CC(=O)c1c(C)c(O)c2cc(C(=O)O)cc(OC3OC(CO)C4(CC5C6=C(CC=C6C6(CCO)COCC7CC8(CCC9(CCCC9%10CCCC%10)C8)CC5C76)CO4)C(O)C3O)c2c1O. The van der Waals surface area contributed by atoms with Crippen LogP contribution in [-0.4, -0.2) is 111 Å². The number of Topliss-reactive ketones (excluding diaryl/α,β-unsaturated/α-hetero) is 1. The molecule has 11 rings (SSSR count). The van der Waals surface area contributed by atoms with E-state index in [0.717, 1.165) is 30.5 Å². The number of carbonyl (C=O) groups excluding carboxylic acids is 1. The van der Waals surface area contributed by atoms with Gasteiger partial charge in [0.1, 0.15) is 41.2 Å². The maximum Gasteiger partial charge on any atom is 0.335 e. The second-order valence-electron chi connectivity index (χ2n) is 21.9. The molecule has 7 fully saturated rings. The molecule has 64 heavy (non-hydrogen) atoms. The Labute approximate surface area is 373 Å². The standard InChI is InChI=1S/C51H64O13/c1-26-37(27(2)54)42(56)39-31(41(26)55)16-29(45(59)60)17-35(39)63-46-43(57)44(58)51(36(21-53)64-46)20-32-33-19-47(12-13-49(24-47)11-5-10-48(49)8-3-4-9-48)18-30-22-61-25-50(14-15-52,40(30)33)34-7-6-28(23-62-51)38(32)34/h7,16-17,30,32-33,36,40,43-44,46,52-53,55-58H,3-6,8-15,18-25H2,1-2H3,(H,59,60). The third kappa shape index (κ3) is 5.79. The lowest BCUT2D eigenvalue weighted by Gasteiger charge is -2.64. The molecule has 13 heteroatoms. The van der Waals surface area contributed by atoms with Crippen LogP contribution in [0.3, 0.4) is 0 Å². The zero-order valence-electron chi connectivity index (χ0n) is 37.1. The van der Waals surface area contributed by atoms with Gasteiger partial charge in [-0.1, -0.05) is 25.3 Å². The molecular weight excluding hydrogens is 821 g/mol. The van der Waals surface area contributed by atoms with Crippen molar-refractivity contribution in [1.29, 1.82) is 0 Å². The molecule has 6 aliphatic carbocycles. The number of hydrogen-bond acceptors (Lipinski definition) is 12. The van der Waals surface area contributed by atoms with Crippen LogP contribution in [0.2, 0.25) is 0 Å². The minimum Gasteiger partial charge on any atom is -0.507 e. The Morgan fingerprint density at radius 2 is 1.70 bits per heavy atom. The Kier molecular flexibility index (Phi) is 10.1. The Morgan fingerprint density at radius 1 is 0.938 bits per heavy atom. The number of hydrogen-bond donors (Lipinski definition) is 7. The maximum atomic E-state index is 12.7. The first kappa shape index (κ1) is 43.0. The van der Waals surface area contributed by atoms with Gasteiger partial charge in [-0.2, -0.15) is 0 Å². The number of ketones is 1. The van der Waals surface area contributed by atoms with Crippen molar-refractivity contribution in [2.75, 3.05) is 33.0 Å². The van der Waals surface area contributed by atoms with E-state index < -0.39 is 60.1 Å². The van der Waals surface area contributed by atoms with Crippen LogP contribution in [0.4, 0.5) is 0 Å². The average Bonchev–Trinajstić information content (AvgIpc) is 4.06. The highest BCUT2D eigenvalue weighted by Crippen LogP contribution is 2.76. The average molecular weight is 885 g/mol. The number of aliphatic hydroxyl groups excluding tert-OH is 4. The van der Waals surface area contributed by atoms with Crippen molar-refractivity contribution >= 4 is 22.5 Å². The molecule has 0 radical (unpaired) electrons. The molecule has 12 atom stereocenters. The predicted molar refractivity (Wildman–Crippen MR) is 232 cm³/mol. The van der Waals surface area contributed by atoms with E-state index in [1.165, 1.54) is 89.2 Å². The highest BCUT2D eigenvalue weighted by Gasteiger charge is 2.69. The Morgan fingerprint density at radius 3 is 2.44 bits per heavy atom. The van der Waals surface area contributed by atoms with Crippen molar-refractivity contribution < 1.29 is 64.3 Å². The molecule has 2 saturated heterocycles. The number of phenols is 2. The predicted octanol–water partition coefficient (Wildman–Crippen LogP) is 6.64. The molecule has 3 aliphatic heterocycles. The Balaban J connectivity index is 0.969. The molecule has 5 saturated carbocycles. The van der Waals surface area contributed by atoms with Gasteiger partial charge < -0.3 is 54.7 Å². The second-order valence-corrected chi connectivity index (χ2v) is 21.9. The van der Waals surface area contributed by atoms with Crippen molar-refractivity contribution in [3.8, 4) is 17.2 Å². The largest absolute Gasteiger partial charge is 0.507 e. The van der Waals surface area contributed by atoms with Gasteiger partial charge in [0.05, 0.1) is 36.3 Å². The zero-order valence-corrected chi connectivity index (χ0v) is 37.1. The number of aromatic carboxylic acids is 1. The summed E-state index contributed by atoms with van der Waals surface area (Å²) in [5, 5.41) is 79.2. The number of carbonyl (C=O) groups is 2. The molecule has 12 unspecified atom stereocenters. The first-order valence-electron chi connectivity index (χ1n) is 24.0. The van der Waals surface area contributed by atoms with Crippen molar-refractivity contribution in [2.45, 2.75) is 140 Å². The van der Waals surface area contributed by atoms with E-state index in [1.807, 2.05) is 0 Å². The van der Waals surface area contributed by atoms with E-state index in [4.69, 9.17) is 18.9 Å². The van der Waals surface area contributed by atoms with Crippen LogP contribution >= 0.6 is 0 Å². The highest BCUT2D eigenvalue weighted by atomic mass is 16.7. The summed E-state index contributed by atoms with van der Waals surface area (Å²) in [6.07, 6.45) is 12.8. The number of carboxylic acids is 1. The summed E-state index contributed by atoms with van der Waals surface area (Å²) >= 11 is 0. The summed E-state index contributed by atoms with van der Waals surface area (Å²) < 4.78 is 26.2. The smallest absolute Gasteiger partial charge is 0.335 e. The maximum absolute atomic E-state index is 12.7. The fourth-order valence-corrected chi connectivity index (χ4v) is 17.0. The van der Waals surface area contributed by atoms with Crippen LogP contribution in [-0.2, 0) is 14.2 Å². The van der Waals surface area contributed by atoms with Gasteiger partial charge in [0.2, 0.25) is 6.29 Å². The number of allylic oxidation sites excluding steroid dienone is 2. The summed E-state index contributed by atoms with van der Waals surface area (Å²) in [5.74, 6) is -2.60. The van der Waals surface area contributed by atoms with E-state index in [9.17, 15) is 45.3 Å². The number of phenolic OH excluding ortho intramolecular Hbond substituents is 2. The molecule has 0 amide bonds. The van der Waals surface area contributed by atoms with Crippen LogP contribution in [0, 0.1) is 52.3 Å². The van der Waals surface area contributed by atoms with E-state index in [0.29, 0.717) is 42.8 Å². The summed E-state index contributed by atoms with van der Waals surface area (Å²) in [6, 6.07) is 2.26. The molecule has 4 spiro atoms. The number of carboxylic acid groups (broad SMARTS) is 1. The van der Waals surface area contributed by atoms with Crippen LogP contribution in [0.15, 0.2) is 34.9 Å². The summed E-state index contributed by atoms with van der Waals surface area (Å²) in [7, 11) is 0. The minimum atomic E-state index is -1.78. The second kappa shape index (κ2) is 15.0. The molecule has 346 valence electrons. The summed E-state index contributed by atoms with van der Waals surface area (Å²) in [4.78, 5) is 25.0. The molecular formula is C51H64O13. The lowest BCUT2D eigenvalue weighted by atomic mass is 9.42. The molecule has 13 nitrogen and oxygen atoms in total. The van der Waals surface area contributed by atoms with E-state index in [2.05, 4.69) is 6.08 Å². The molecule has 9 aliphatic rings. The first-order chi connectivity index (χ1) is 30.7. The summed E-state index contributed by atoms with van der Waals surface area (Å²) in [5.41, 5.74) is 2.18. The topological polar surface area (TPSA) is 213 Å². The van der Waals surface area contributed by atoms with E-state index >= 15 is 0 Å². The van der Waals surface area contributed by atoms with Crippen molar-refractivity contribution in [1.82, 2.24) is 0 Å². The molecule has 0 bridgehead atoms. The Hall–Kier alpha value is -3.56. The minimum absolute atomic E-state index is 0.0472. The molecule has 3 heterocycles. The number of aromatic hydroxyl groups is 2. The first-order valence-corrected chi connectivity index (χ1v) is 24.0. The molecule has 7 N–H and O–H groups in total. The van der Waals surface area contributed by atoms with Gasteiger partial charge in [-0.05, 0) is 160 Å². The normalized spacial score (nSPS) is 40.6.